The lowest BCUT2D eigenvalue weighted by molar-refractivity contribution is 0.00941. The van der Waals surface area contributed by atoms with Crippen molar-refractivity contribution in [3.05, 3.63) is 35.7 Å². The number of aliphatic hydroxyl groups is 1. The molecule has 0 bridgehead atoms. The van der Waals surface area contributed by atoms with Crippen LogP contribution in [0.4, 0.5) is 5.69 Å². The Kier molecular flexibility index (Phi) is 7.13. The van der Waals surface area contributed by atoms with E-state index in [1.165, 1.54) is 12.0 Å². The van der Waals surface area contributed by atoms with Crippen LogP contribution in [0.25, 0.3) is 0 Å². The van der Waals surface area contributed by atoms with E-state index in [2.05, 4.69) is 38.0 Å². The second kappa shape index (κ2) is 10.4. The largest absolute Gasteiger partial charge is 0.450 e. The average Bonchev–Trinajstić information content (AvgIpc) is 3.10. The van der Waals surface area contributed by atoms with Gasteiger partial charge in [-0.2, -0.15) is 0 Å². The minimum absolute atomic E-state index is 0.256. The molecule has 4 heterocycles. The topological polar surface area (TPSA) is 110 Å². The fraction of sp³-hybridized carbons (Fsp3) is 0.625. The van der Waals surface area contributed by atoms with Crippen molar-refractivity contribution in [2.45, 2.75) is 57.1 Å². The zero-order valence-electron chi connectivity index (χ0n) is 19.3. The smallest absolute Gasteiger partial charge is 0.227 e. The molecule has 2 saturated heterocycles. The van der Waals surface area contributed by atoms with Crippen molar-refractivity contribution in [3.8, 4) is 5.75 Å². The Labute approximate surface area is 196 Å². The third-order valence-corrected chi connectivity index (χ3v) is 6.97. The first-order valence-corrected chi connectivity index (χ1v) is 12.4. The fourth-order valence-electron chi connectivity index (χ4n) is 5.15. The molecule has 4 aliphatic heterocycles. The lowest BCUT2D eigenvalue weighted by Crippen LogP contribution is -2.45. The number of rotatable bonds is 6. The van der Waals surface area contributed by atoms with Crippen LogP contribution in [0.5, 0.6) is 5.75 Å². The van der Waals surface area contributed by atoms with E-state index in [1.54, 1.807) is 0 Å². The van der Waals surface area contributed by atoms with Crippen molar-refractivity contribution in [2.75, 3.05) is 44.6 Å². The van der Waals surface area contributed by atoms with Gasteiger partial charge in [-0.1, -0.05) is 6.07 Å². The van der Waals surface area contributed by atoms with Crippen molar-refractivity contribution in [2.24, 2.45) is 10.7 Å². The molecule has 1 aromatic rings. The molecule has 0 saturated carbocycles. The van der Waals surface area contributed by atoms with E-state index in [9.17, 15) is 5.11 Å². The van der Waals surface area contributed by atoms with Crippen molar-refractivity contribution < 1.29 is 9.84 Å². The molecule has 2 fully saturated rings. The zero-order valence-corrected chi connectivity index (χ0v) is 19.3. The SMILES string of the molecule is N[C@H]1CCCN(CCNCc2ccc3c(c2)NC2=NC(O)N(C4CCCNCC4)C=C2O3)C1. The molecule has 0 radical (unpaired) electrons. The van der Waals surface area contributed by atoms with Gasteiger partial charge in [0.25, 0.3) is 0 Å². The van der Waals surface area contributed by atoms with Gasteiger partial charge >= 0.3 is 0 Å². The predicted octanol–water partition coefficient (Wildman–Crippen LogP) is 0.977. The van der Waals surface area contributed by atoms with Crippen molar-refractivity contribution in [1.82, 2.24) is 20.4 Å². The number of aliphatic imine (C=N–C) groups is 1. The maximum atomic E-state index is 10.7. The van der Waals surface area contributed by atoms with Gasteiger partial charge < -0.3 is 41.3 Å². The minimum atomic E-state index is -0.891. The molecule has 9 heteroatoms. The standard InChI is InChI=1S/C24H37N7O2/c25-18-3-2-11-30(15-18)12-10-27-14-17-5-6-21-20(13-17)28-23-22(33-21)16-31(24(32)29-23)19-4-1-8-26-9-7-19/h5-6,13,16,18-19,24,26-27,32H,1-4,7-12,14-15,25H2,(H,28,29)/t18-,19?,24?/m0/s1. The van der Waals surface area contributed by atoms with Crippen LogP contribution in [0.1, 0.15) is 37.7 Å². The summed E-state index contributed by atoms with van der Waals surface area (Å²) in [4.78, 5) is 8.87. The number of hydrogen-bond donors (Lipinski definition) is 5. The molecule has 0 aliphatic carbocycles. The van der Waals surface area contributed by atoms with Gasteiger partial charge in [0.1, 0.15) is 0 Å². The van der Waals surface area contributed by atoms with Crippen LogP contribution in [0, 0.1) is 0 Å². The molecule has 4 aliphatic rings. The highest BCUT2D eigenvalue weighted by Gasteiger charge is 2.32. The third-order valence-electron chi connectivity index (χ3n) is 6.97. The average molecular weight is 456 g/mol. The Bertz CT molecular complexity index is 882. The highest BCUT2D eigenvalue weighted by Crippen LogP contribution is 2.34. The number of anilines is 1. The maximum absolute atomic E-state index is 10.7. The van der Waals surface area contributed by atoms with E-state index in [0.717, 1.165) is 82.9 Å². The quantitative estimate of drug-likeness (QED) is 0.404. The number of nitrogens with zero attached hydrogens (tertiary/aromatic N) is 3. The summed E-state index contributed by atoms with van der Waals surface area (Å²) in [6.07, 6.45) is 6.47. The van der Waals surface area contributed by atoms with E-state index in [-0.39, 0.29) is 6.04 Å². The molecule has 3 atom stereocenters. The Morgan fingerprint density at radius 1 is 1.21 bits per heavy atom. The lowest BCUT2D eigenvalue weighted by atomic mass is 10.1. The second-order valence-electron chi connectivity index (χ2n) is 9.54. The third kappa shape index (κ3) is 5.50. The predicted molar refractivity (Wildman–Crippen MR) is 130 cm³/mol. The molecule has 1 aromatic carbocycles. The summed E-state index contributed by atoms with van der Waals surface area (Å²) in [7, 11) is 0. The van der Waals surface area contributed by atoms with Crippen molar-refractivity contribution in [1.29, 1.82) is 0 Å². The molecule has 0 spiro atoms. The summed E-state index contributed by atoms with van der Waals surface area (Å²) < 4.78 is 6.17. The van der Waals surface area contributed by atoms with Crippen LogP contribution in [0.2, 0.25) is 0 Å². The van der Waals surface area contributed by atoms with Gasteiger partial charge in [0.2, 0.25) is 6.35 Å². The summed E-state index contributed by atoms with van der Waals surface area (Å²) in [5, 5.41) is 21.0. The van der Waals surface area contributed by atoms with E-state index in [4.69, 9.17) is 10.5 Å². The van der Waals surface area contributed by atoms with Gasteiger partial charge in [0.15, 0.2) is 17.3 Å². The van der Waals surface area contributed by atoms with Gasteiger partial charge in [0, 0.05) is 38.3 Å². The Balaban J connectivity index is 1.18. The number of fused-ring (bicyclic) bond motifs is 2. The summed E-state index contributed by atoms with van der Waals surface area (Å²) in [5.74, 6) is 2.03. The van der Waals surface area contributed by atoms with Crippen LogP contribution >= 0.6 is 0 Å². The lowest BCUT2D eigenvalue weighted by Gasteiger charge is -2.37. The maximum Gasteiger partial charge on any atom is 0.227 e. The molecule has 0 aromatic heterocycles. The monoisotopic (exact) mass is 455 g/mol. The number of aliphatic hydroxyl groups excluding tert-OH is 1. The van der Waals surface area contributed by atoms with Crippen molar-refractivity contribution in [3.63, 3.8) is 0 Å². The number of benzene rings is 1. The number of nitrogens with one attached hydrogen (secondary N) is 3. The van der Waals surface area contributed by atoms with E-state index >= 15 is 0 Å². The zero-order chi connectivity index (χ0) is 22.6. The summed E-state index contributed by atoms with van der Waals surface area (Å²) >= 11 is 0. The Morgan fingerprint density at radius 3 is 3.06 bits per heavy atom. The van der Waals surface area contributed by atoms with Crippen LogP contribution < -0.4 is 26.4 Å². The molecule has 0 amide bonds. The first-order valence-electron chi connectivity index (χ1n) is 12.4. The molecule has 5 rings (SSSR count). The molecule has 2 unspecified atom stereocenters. The molecule has 9 nitrogen and oxygen atoms in total. The number of nitrogens with two attached hydrogens (primary N) is 1. The van der Waals surface area contributed by atoms with E-state index in [1.807, 2.05) is 17.2 Å². The van der Waals surface area contributed by atoms with Crippen LogP contribution in [-0.2, 0) is 6.54 Å². The second-order valence-corrected chi connectivity index (χ2v) is 9.54. The molecule has 33 heavy (non-hydrogen) atoms. The van der Waals surface area contributed by atoms with Crippen LogP contribution in [0.15, 0.2) is 35.2 Å². The molecular weight excluding hydrogens is 418 g/mol. The van der Waals surface area contributed by atoms with Gasteiger partial charge in [-0.15, -0.1) is 0 Å². The summed E-state index contributed by atoms with van der Waals surface area (Å²) in [6, 6.07) is 6.77. The number of piperidine rings is 1. The Morgan fingerprint density at radius 2 is 2.15 bits per heavy atom. The molecular formula is C24H37N7O2. The van der Waals surface area contributed by atoms with Crippen LogP contribution in [0.3, 0.4) is 0 Å². The molecule has 180 valence electrons. The summed E-state index contributed by atoms with van der Waals surface area (Å²) in [5.41, 5.74) is 8.14. The first-order chi connectivity index (χ1) is 16.2. The minimum Gasteiger partial charge on any atom is -0.450 e. The van der Waals surface area contributed by atoms with Gasteiger partial charge in [-0.05, 0) is 69.4 Å². The number of ether oxygens (including phenoxy) is 1. The number of likely N-dealkylation sites (tertiary alicyclic amines) is 1. The number of amidine groups is 1. The normalized spacial score (nSPS) is 27.9. The van der Waals surface area contributed by atoms with Gasteiger partial charge in [-0.25, -0.2) is 4.99 Å². The van der Waals surface area contributed by atoms with Crippen LogP contribution in [-0.4, -0.2) is 78.4 Å². The first kappa shape index (κ1) is 22.6. The van der Waals surface area contributed by atoms with Gasteiger partial charge in [0.05, 0.1) is 11.9 Å². The van der Waals surface area contributed by atoms with E-state index in [0.29, 0.717) is 17.6 Å². The highest BCUT2D eigenvalue weighted by atomic mass is 16.5. The Hall–Kier alpha value is -2.17. The van der Waals surface area contributed by atoms with Crippen molar-refractivity contribution >= 4 is 11.5 Å². The fourth-order valence-corrected chi connectivity index (χ4v) is 5.15. The number of hydrogen-bond acceptors (Lipinski definition) is 9. The highest BCUT2D eigenvalue weighted by molar-refractivity contribution is 6.09. The van der Waals surface area contributed by atoms with E-state index < -0.39 is 6.35 Å². The molecule has 6 N–H and O–H groups in total. The summed E-state index contributed by atoms with van der Waals surface area (Å²) in [6.45, 7) is 6.88. The van der Waals surface area contributed by atoms with Gasteiger partial charge in [-0.3, -0.25) is 0 Å².